The Morgan fingerprint density at radius 2 is 0.682 bits per heavy atom. The SMILES string of the molecule is C(CCCCCC1CCCCC1)CCCCC1CCCCC1. The van der Waals surface area contributed by atoms with Crippen molar-refractivity contribution in [2.24, 2.45) is 11.8 Å². The standard InChI is InChI=1S/C22H42/c1(3-5-9-15-21-17-11-7-12-18-21)2-4-6-10-16-22-19-13-8-14-20-22/h21-22H,1-20H2. The third-order valence-electron chi connectivity index (χ3n) is 6.42. The van der Waals surface area contributed by atoms with Crippen LogP contribution >= 0.6 is 0 Å². The van der Waals surface area contributed by atoms with Crippen LogP contribution in [-0.4, -0.2) is 0 Å². The van der Waals surface area contributed by atoms with Gasteiger partial charge in [-0.2, -0.15) is 0 Å². The van der Waals surface area contributed by atoms with Crippen LogP contribution in [0.2, 0.25) is 0 Å². The zero-order chi connectivity index (χ0) is 15.3. The van der Waals surface area contributed by atoms with E-state index in [1.807, 2.05) is 0 Å². The molecule has 0 nitrogen and oxygen atoms in total. The Morgan fingerprint density at radius 3 is 1.05 bits per heavy atom. The van der Waals surface area contributed by atoms with Crippen LogP contribution in [0.3, 0.4) is 0 Å². The van der Waals surface area contributed by atoms with Crippen LogP contribution < -0.4 is 0 Å². The first-order chi connectivity index (χ1) is 10.9. The van der Waals surface area contributed by atoms with Gasteiger partial charge in [0.25, 0.3) is 0 Å². The summed E-state index contributed by atoms with van der Waals surface area (Å²) in [4.78, 5) is 0. The van der Waals surface area contributed by atoms with Gasteiger partial charge in [0.2, 0.25) is 0 Å². The lowest BCUT2D eigenvalue weighted by atomic mass is 9.85. The van der Waals surface area contributed by atoms with Gasteiger partial charge in [-0.25, -0.2) is 0 Å². The van der Waals surface area contributed by atoms with Crippen LogP contribution in [0.1, 0.15) is 128 Å². The summed E-state index contributed by atoms with van der Waals surface area (Å²) < 4.78 is 0. The summed E-state index contributed by atoms with van der Waals surface area (Å²) in [6.07, 6.45) is 30.5. The van der Waals surface area contributed by atoms with Crippen molar-refractivity contribution in [2.45, 2.75) is 128 Å². The summed E-state index contributed by atoms with van der Waals surface area (Å²) in [7, 11) is 0. The van der Waals surface area contributed by atoms with Crippen molar-refractivity contribution in [1.82, 2.24) is 0 Å². The van der Waals surface area contributed by atoms with E-state index in [0.717, 1.165) is 11.8 Å². The molecule has 2 saturated carbocycles. The predicted molar refractivity (Wildman–Crippen MR) is 99.3 cm³/mol. The Hall–Kier alpha value is 0. The van der Waals surface area contributed by atoms with Crippen LogP contribution in [0.5, 0.6) is 0 Å². The van der Waals surface area contributed by atoms with Crippen LogP contribution in [-0.2, 0) is 0 Å². The molecule has 0 heteroatoms. The van der Waals surface area contributed by atoms with E-state index in [0.29, 0.717) is 0 Å². The van der Waals surface area contributed by atoms with Crippen molar-refractivity contribution >= 4 is 0 Å². The molecule has 0 aliphatic heterocycles. The Balaban J connectivity index is 1.28. The average molecular weight is 307 g/mol. The van der Waals surface area contributed by atoms with Gasteiger partial charge >= 0.3 is 0 Å². The first-order valence-corrected chi connectivity index (χ1v) is 10.9. The Kier molecular flexibility index (Phi) is 10.4. The number of rotatable bonds is 11. The molecule has 0 bridgehead atoms. The molecule has 2 aliphatic carbocycles. The highest BCUT2D eigenvalue weighted by molar-refractivity contribution is 4.66. The molecule has 0 aromatic carbocycles. The molecule has 2 fully saturated rings. The number of hydrogen-bond acceptors (Lipinski definition) is 0. The van der Waals surface area contributed by atoms with Crippen molar-refractivity contribution < 1.29 is 0 Å². The Bertz CT molecular complexity index is 206. The van der Waals surface area contributed by atoms with E-state index in [2.05, 4.69) is 0 Å². The van der Waals surface area contributed by atoms with Gasteiger partial charge in [0.15, 0.2) is 0 Å². The monoisotopic (exact) mass is 306 g/mol. The quantitative estimate of drug-likeness (QED) is 0.339. The molecule has 0 atom stereocenters. The molecule has 0 aromatic heterocycles. The smallest absolute Gasteiger partial charge is 0.0414 e. The minimum Gasteiger partial charge on any atom is -0.0533 e. The van der Waals surface area contributed by atoms with Gasteiger partial charge in [0.1, 0.15) is 0 Å². The van der Waals surface area contributed by atoms with Crippen molar-refractivity contribution in [1.29, 1.82) is 0 Å². The summed E-state index contributed by atoms with van der Waals surface area (Å²) in [6, 6.07) is 0. The van der Waals surface area contributed by atoms with Gasteiger partial charge in [-0.15, -0.1) is 0 Å². The highest BCUT2D eigenvalue weighted by Gasteiger charge is 2.13. The van der Waals surface area contributed by atoms with Crippen molar-refractivity contribution in [3.8, 4) is 0 Å². The first-order valence-electron chi connectivity index (χ1n) is 10.9. The molecule has 2 aliphatic rings. The molecule has 0 unspecified atom stereocenters. The molecule has 0 heterocycles. The molecule has 0 radical (unpaired) electrons. The van der Waals surface area contributed by atoms with E-state index >= 15 is 0 Å². The van der Waals surface area contributed by atoms with Crippen LogP contribution in [0.4, 0.5) is 0 Å². The maximum absolute atomic E-state index is 1.54. The van der Waals surface area contributed by atoms with Gasteiger partial charge in [-0.3, -0.25) is 0 Å². The van der Waals surface area contributed by atoms with Gasteiger partial charge in [-0.05, 0) is 11.8 Å². The zero-order valence-corrected chi connectivity index (χ0v) is 15.3. The van der Waals surface area contributed by atoms with E-state index in [1.54, 1.807) is 38.5 Å². The minimum atomic E-state index is 1.11. The third kappa shape index (κ3) is 8.59. The Morgan fingerprint density at radius 1 is 0.364 bits per heavy atom. The summed E-state index contributed by atoms with van der Waals surface area (Å²) in [5.41, 5.74) is 0. The summed E-state index contributed by atoms with van der Waals surface area (Å²) in [5, 5.41) is 0. The van der Waals surface area contributed by atoms with Crippen LogP contribution in [0.25, 0.3) is 0 Å². The van der Waals surface area contributed by atoms with E-state index in [1.165, 1.54) is 89.9 Å². The maximum atomic E-state index is 1.54. The van der Waals surface area contributed by atoms with Gasteiger partial charge in [0, 0.05) is 0 Å². The number of hydrogen-bond donors (Lipinski definition) is 0. The summed E-state index contributed by atoms with van der Waals surface area (Å²) in [6.45, 7) is 0. The van der Waals surface area contributed by atoms with Gasteiger partial charge in [0.05, 0.1) is 0 Å². The van der Waals surface area contributed by atoms with Gasteiger partial charge < -0.3 is 0 Å². The predicted octanol–water partition coefficient (Wildman–Crippen LogP) is 8.05. The summed E-state index contributed by atoms with van der Waals surface area (Å²) >= 11 is 0. The van der Waals surface area contributed by atoms with E-state index in [9.17, 15) is 0 Å². The van der Waals surface area contributed by atoms with E-state index in [4.69, 9.17) is 0 Å². The first kappa shape index (κ1) is 18.3. The normalized spacial score (nSPS) is 21.3. The fraction of sp³-hybridized carbons (Fsp3) is 1.00. The molecule has 0 aromatic rings. The summed E-state index contributed by atoms with van der Waals surface area (Å²) in [5.74, 6) is 2.21. The fourth-order valence-corrected chi connectivity index (χ4v) is 4.88. The Labute approximate surface area is 140 Å². The highest BCUT2D eigenvalue weighted by Crippen LogP contribution is 2.29. The van der Waals surface area contributed by atoms with Crippen LogP contribution in [0, 0.1) is 11.8 Å². The lowest BCUT2D eigenvalue weighted by Gasteiger charge is -2.21. The average Bonchev–Trinajstić information content (AvgIpc) is 2.58. The molecule has 0 saturated heterocycles. The third-order valence-corrected chi connectivity index (χ3v) is 6.42. The molecule has 0 amide bonds. The fourth-order valence-electron chi connectivity index (χ4n) is 4.88. The zero-order valence-electron chi connectivity index (χ0n) is 15.3. The van der Waals surface area contributed by atoms with E-state index in [-0.39, 0.29) is 0 Å². The highest BCUT2D eigenvalue weighted by atomic mass is 14.2. The molecule has 130 valence electrons. The van der Waals surface area contributed by atoms with Crippen molar-refractivity contribution in [3.05, 3.63) is 0 Å². The van der Waals surface area contributed by atoms with Gasteiger partial charge in [-0.1, -0.05) is 128 Å². The van der Waals surface area contributed by atoms with Crippen LogP contribution in [0.15, 0.2) is 0 Å². The molecule has 0 spiro atoms. The second kappa shape index (κ2) is 12.4. The maximum Gasteiger partial charge on any atom is -0.0414 e. The number of unbranched alkanes of at least 4 members (excludes halogenated alkanes) is 7. The molecule has 22 heavy (non-hydrogen) atoms. The lowest BCUT2D eigenvalue weighted by molar-refractivity contribution is 0.325. The second-order valence-electron chi connectivity index (χ2n) is 8.41. The van der Waals surface area contributed by atoms with E-state index < -0.39 is 0 Å². The topological polar surface area (TPSA) is 0 Å². The second-order valence-corrected chi connectivity index (χ2v) is 8.41. The molecule has 0 N–H and O–H groups in total. The van der Waals surface area contributed by atoms with Crippen molar-refractivity contribution in [3.63, 3.8) is 0 Å². The largest absolute Gasteiger partial charge is 0.0533 e. The molecule has 2 rings (SSSR count). The van der Waals surface area contributed by atoms with Crippen molar-refractivity contribution in [2.75, 3.05) is 0 Å². The molecular formula is C22H42. The minimum absolute atomic E-state index is 1.11. The lowest BCUT2D eigenvalue weighted by Crippen LogP contribution is -2.05. The molecular weight excluding hydrogens is 264 g/mol.